The van der Waals surface area contributed by atoms with Gasteiger partial charge in [0.05, 0.1) is 0 Å². The molecule has 1 aromatic heterocycles. The Morgan fingerprint density at radius 2 is 1.94 bits per heavy atom. The van der Waals surface area contributed by atoms with Crippen LogP contribution in [-0.4, -0.2) is 47.6 Å². The van der Waals surface area contributed by atoms with Crippen LogP contribution in [-0.2, 0) is 0 Å². The Hall–Kier alpha value is -0.680. The molecule has 1 saturated heterocycles. The van der Waals surface area contributed by atoms with E-state index in [-0.39, 0.29) is 0 Å². The highest BCUT2D eigenvalue weighted by Crippen LogP contribution is 2.30. The first-order chi connectivity index (χ1) is 8.70. The summed E-state index contributed by atoms with van der Waals surface area (Å²) in [4.78, 5) is 13.7. The van der Waals surface area contributed by atoms with Gasteiger partial charge >= 0.3 is 0 Å². The summed E-state index contributed by atoms with van der Waals surface area (Å²) in [6, 6.07) is 2.02. The fraction of sp³-hybridized carbons (Fsp3) is 0.692. The summed E-state index contributed by atoms with van der Waals surface area (Å²) in [5.41, 5.74) is 0. The molecule has 0 N–H and O–H groups in total. The third kappa shape index (κ3) is 3.01. The van der Waals surface area contributed by atoms with Gasteiger partial charge in [0.25, 0.3) is 0 Å². The van der Waals surface area contributed by atoms with E-state index in [1.165, 1.54) is 19.4 Å². The topological polar surface area (TPSA) is 32.3 Å². The lowest BCUT2D eigenvalue weighted by Crippen LogP contribution is -2.47. The van der Waals surface area contributed by atoms with Crippen LogP contribution in [0.25, 0.3) is 0 Å². The number of nitrogens with zero attached hydrogens (tertiary/aromatic N) is 4. The second-order valence-corrected chi connectivity index (χ2v) is 6.14. The summed E-state index contributed by atoms with van der Waals surface area (Å²) in [6.45, 7) is 7.73. The Kier molecular flexibility index (Phi) is 3.52. The van der Waals surface area contributed by atoms with Crippen molar-refractivity contribution < 1.29 is 0 Å². The molecule has 2 heterocycles. The van der Waals surface area contributed by atoms with Gasteiger partial charge in [0.2, 0.25) is 0 Å². The maximum absolute atomic E-state index is 4.52. The molecule has 18 heavy (non-hydrogen) atoms. The molecule has 5 heteroatoms. The van der Waals surface area contributed by atoms with E-state index in [4.69, 9.17) is 0 Å². The van der Waals surface area contributed by atoms with Crippen LogP contribution in [0.3, 0.4) is 0 Å². The summed E-state index contributed by atoms with van der Waals surface area (Å²) >= 11 is 3.44. The van der Waals surface area contributed by atoms with Crippen molar-refractivity contribution in [1.82, 2.24) is 14.9 Å². The monoisotopic (exact) mass is 310 g/mol. The van der Waals surface area contributed by atoms with E-state index in [1.54, 1.807) is 0 Å². The van der Waals surface area contributed by atoms with Crippen LogP contribution in [0.4, 0.5) is 5.82 Å². The molecule has 1 saturated carbocycles. The molecule has 0 spiro atoms. The Labute approximate surface area is 117 Å². The van der Waals surface area contributed by atoms with Gasteiger partial charge in [-0.3, -0.25) is 4.90 Å². The van der Waals surface area contributed by atoms with Gasteiger partial charge in [0.15, 0.2) is 0 Å². The molecule has 3 rings (SSSR count). The first-order valence-electron chi connectivity index (χ1n) is 6.69. The molecule has 0 aromatic carbocycles. The third-order valence-corrected chi connectivity index (χ3v) is 4.11. The zero-order chi connectivity index (χ0) is 12.5. The molecule has 0 bridgehead atoms. The third-order valence-electron chi connectivity index (χ3n) is 3.70. The Morgan fingerprint density at radius 1 is 1.22 bits per heavy atom. The van der Waals surface area contributed by atoms with Crippen molar-refractivity contribution in [2.24, 2.45) is 5.92 Å². The zero-order valence-corrected chi connectivity index (χ0v) is 12.4. The van der Waals surface area contributed by atoms with Crippen molar-refractivity contribution in [3.8, 4) is 0 Å². The maximum Gasteiger partial charge on any atom is 0.133 e. The van der Waals surface area contributed by atoms with E-state index < -0.39 is 0 Å². The maximum atomic E-state index is 4.52. The van der Waals surface area contributed by atoms with E-state index in [1.807, 2.05) is 13.0 Å². The Bertz CT molecular complexity index is 405. The Balaban J connectivity index is 1.60. The molecule has 0 radical (unpaired) electrons. The summed E-state index contributed by atoms with van der Waals surface area (Å²) < 4.78 is 0.880. The lowest BCUT2D eigenvalue weighted by atomic mass is 10.3. The predicted octanol–water partition coefficient (Wildman–Crippen LogP) is 2.08. The number of halogens is 1. The summed E-state index contributed by atoms with van der Waals surface area (Å²) in [7, 11) is 0. The van der Waals surface area contributed by atoms with E-state index >= 15 is 0 Å². The molecule has 1 aliphatic heterocycles. The molecular weight excluding hydrogens is 292 g/mol. The molecule has 1 aliphatic carbocycles. The van der Waals surface area contributed by atoms with Crippen LogP contribution in [0.2, 0.25) is 0 Å². The lowest BCUT2D eigenvalue weighted by Gasteiger charge is -2.35. The highest BCUT2D eigenvalue weighted by Gasteiger charge is 2.26. The van der Waals surface area contributed by atoms with Crippen molar-refractivity contribution >= 4 is 21.7 Å². The van der Waals surface area contributed by atoms with Crippen LogP contribution < -0.4 is 4.90 Å². The number of anilines is 1. The smallest absolute Gasteiger partial charge is 0.133 e. The van der Waals surface area contributed by atoms with Crippen LogP contribution in [0, 0.1) is 12.8 Å². The van der Waals surface area contributed by atoms with Gasteiger partial charge in [-0.05, 0) is 41.6 Å². The van der Waals surface area contributed by atoms with Crippen molar-refractivity contribution in [2.45, 2.75) is 19.8 Å². The van der Waals surface area contributed by atoms with Gasteiger partial charge in [-0.2, -0.15) is 0 Å². The summed E-state index contributed by atoms with van der Waals surface area (Å²) in [6.07, 6.45) is 2.89. The van der Waals surface area contributed by atoms with Gasteiger partial charge in [0.1, 0.15) is 16.2 Å². The lowest BCUT2D eigenvalue weighted by molar-refractivity contribution is 0.247. The minimum Gasteiger partial charge on any atom is -0.354 e. The minimum atomic E-state index is 0.833. The van der Waals surface area contributed by atoms with Crippen molar-refractivity contribution in [1.29, 1.82) is 0 Å². The first-order valence-corrected chi connectivity index (χ1v) is 7.48. The normalized spacial score (nSPS) is 21.3. The molecule has 0 unspecified atom stereocenters. The molecule has 4 nitrogen and oxygen atoms in total. The SMILES string of the molecule is Cc1nc(Br)cc(N2CCN(CC3CC3)CC2)n1. The fourth-order valence-electron chi connectivity index (χ4n) is 2.50. The quantitative estimate of drug-likeness (QED) is 0.800. The average molecular weight is 311 g/mol. The molecule has 98 valence electrons. The molecule has 0 amide bonds. The van der Waals surface area contributed by atoms with Gasteiger partial charge in [-0.25, -0.2) is 9.97 Å². The second kappa shape index (κ2) is 5.13. The highest BCUT2D eigenvalue weighted by molar-refractivity contribution is 9.10. The molecule has 0 atom stereocenters. The number of aromatic nitrogens is 2. The van der Waals surface area contributed by atoms with E-state index in [0.717, 1.165) is 48.3 Å². The molecule has 2 fully saturated rings. The second-order valence-electron chi connectivity index (χ2n) is 5.33. The number of aryl methyl sites for hydroxylation is 1. The van der Waals surface area contributed by atoms with Gasteiger partial charge in [0, 0.05) is 38.8 Å². The standard InChI is InChI=1S/C13H19BrN4/c1-10-15-12(14)8-13(16-10)18-6-4-17(5-7-18)9-11-2-3-11/h8,11H,2-7,9H2,1H3. The van der Waals surface area contributed by atoms with E-state index in [9.17, 15) is 0 Å². The van der Waals surface area contributed by atoms with Crippen LogP contribution in [0.15, 0.2) is 10.7 Å². The number of hydrogen-bond acceptors (Lipinski definition) is 4. The zero-order valence-electron chi connectivity index (χ0n) is 10.8. The molecule has 1 aromatic rings. The van der Waals surface area contributed by atoms with Crippen molar-refractivity contribution in [2.75, 3.05) is 37.6 Å². The first kappa shape index (κ1) is 12.4. The number of rotatable bonds is 3. The highest BCUT2D eigenvalue weighted by atomic mass is 79.9. The van der Waals surface area contributed by atoms with Crippen molar-refractivity contribution in [3.63, 3.8) is 0 Å². The van der Waals surface area contributed by atoms with Crippen molar-refractivity contribution in [3.05, 3.63) is 16.5 Å². The van der Waals surface area contributed by atoms with Crippen LogP contribution >= 0.6 is 15.9 Å². The molecular formula is C13H19BrN4. The van der Waals surface area contributed by atoms with Crippen LogP contribution in [0.5, 0.6) is 0 Å². The number of hydrogen-bond donors (Lipinski definition) is 0. The van der Waals surface area contributed by atoms with E-state index in [2.05, 4.69) is 35.7 Å². The average Bonchev–Trinajstić information content (AvgIpc) is 3.12. The fourth-order valence-corrected chi connectivity index (χ4v) is 2.96. The van der Waals surface area contributed by atoms with Crippen LogP contribution in [0.1, 0.15) is 18.7 Å². The van der Waals surface area contributed by atoms with E-state index in [0.29, 0.717) is 0 Å². The molecule has 2 aliphatic rings. The predicted molar refractivity (Wildman–Crippen MR) is 75.8 cm³/mol. The minimum absolute atomic E-state index is 0.833. The van der Waals surface area contributed by atoms with Gasteiger partial charge < -0.3 is 4.90 Å². The number of piperazine rings is 1. The summed E-state index contributed by atoms with van der Waals surface area (Å²) in [5, 5.41) is 0. The van der Waals surface area contributed by atoms with Gasteiger partial charge in [-0.1, -0.05) is 0 Å². The largest absolute Gasteiger partial charge is 0.354 e. The van der Waals surface area contributed by atoms with Gasteiger partial charge in [-0.15, -0.1) is 0 Å². The summed E-state index contributed by atoms with van der Waals surface area (Å²) in [5.74, 6) is 2.88. The Morgan fingerprint density at radius 3 is 2.56 bits per heavy atom.